The predicted molar refractivity (Wildman–Crippen MR) is 99.1 cm³/mol. The highest BCUT2D eigenvalue weighted by molar-refractivity contribution is 6.04. The number of carbonyl (C=O) groups excluding carboxylic acids is 3. The van der Waals surface area contributed by atoms with Gasteiger partial charge in [0.15, 0.2) is 11.9 Å². The topological polar surface area (TPSA) is 116 Å². The van der Waals surface area contributed by atoms with Gasteiger partial charge >= 0.3 is 5.97 Å². The number of fused-ring (bicyclic) bond motifs is 1. The van der Waals surface area contributed by atoms with Gasteiger partial charge in [-0.1, -0.05) is 6.07 Å². The predicted octanol–water partition coefficient (Wildman–Crippen LogP) is 0.801. The molecule has 0 bridgehead atoms. The number of benzene rings is 1. The van der Waals surface area contributed by atoms with Crippen LogP contribution < -0.4 is 10.1 Å². The summed E-state index contributed by atoms with van der Waals surface area (Å²) >= 11 is 0. The molecule has 2 heterocycles. The number of anilines is 1. The van der Waals surface area contributed by atoms with E-state index in [4.69, 9.17) is 9.84 Å². The fourth-order valence-corrected chi connectivity index (χ4v) is 3.35. The summed E-state index contributed by atoms with van der Waals surface area (Å²) in [6, 6.07) is 4.87. The van der Waals surface area contributed by atoms with Crippen molar-refractivity contribution in [2.45, 2.75) is 25.9 Å². The second kappa shape index (κ2) is 7.87. The zero-order chi connectivity index (χ0) is 20.4. The third kappa shape index (κ3) is 3.92. The number of piperidine rings is 1. The van der Waals surface area contributed by atoms with Gasteiger partial charge in [0, 0.05) is 20.1 Å². The second-order valence-corrected chi connectivity index (χ2v) is 7.09. The fourth-order valence-electron chi connectivity index (χ4n) is 3.35. The van der Waals surface area contributed by atoms with Crippen LogP contribution in [0.4, 0.5) is 5.69 Å². The number of carbonyl (C=O) groups is 4. The third-order valence-electron chi connectivity index (χ3n) is 5.08. The number of carboxylic acid groups (broad SMARTS) is 1. The fraction of sp³-hybridized carbons (Fsp3) is 0.474. The quantitative estimate of drug-likeness (QED) is 0.787. The maximum absolute atomic E-state index is 12.8. The molecule has 1 aromatic rings. The van der Waals surface area contributed by atoms with Crippen LogP contribution in [0.2, 0.25) is 0 Å². The molecule has 2 aliphatic heterocycles. The van der Waals surface area contributed by atoms with Crippen LogP contribution in [0.3, 0.4) is 0 Å². The first kappa shape index (κ1) is 19.7. The van der Waals surface area contributed by atoms with Crippen molar-refractivity contribution in [2.24, 2.45) is 5.92 Å². The number of hydrogen-bond donors (Lipinski definition) is 2. The number of hydrogen-bond acceptors (Lipinski definition) is 5. The van der Waals surface area contributed by atoms with E-state index in [-0.39, 0.29) is 23.9 Å². The molecule has 0 aromatic heterocycles. The van der Waals surface area contributed by atoms with Gasteiger partial charge < -0.3 is 25.0 Å². The number of ether oxygens (including phenoxy) is 1. The molecule has 0 aliphatic carbocycles. The molecule has 2 aliphatic rings. The van der Waals surface area contributed by atoms with Crippen molar-refractivity contribution in [3.8, 4) is 5.75 Å². The van der Waals surface area contributed by atoms with Gasteiger partial charge in [0.2, 0.25) is 5.91 Å². The molecule has 1 atom stereocenters. The van der Waals surface area contributed by atoms with Crippen LogP contribution in [0.1, 0.15) is 30.1 Å². The van der Waals surface area contributed by atoms with Crippen LogP contribution in [0.25, 0.3) is 0 Å². The summed E-state index contributed by atoms with van der Waals surface area (Å²) in [6.07, 6.45) is 0.108. The average molecular weight is 389 g/mol. The number of para-hydroxylation sites is 1. The molecule has 1 fully saturated rings. The van der Waals surface area contributed by atoms with Gasteiger partial charge in [-0.2, -0.15) is 0 Å². The van der Waals surface area contributed by atoms with Gasteiger partial charge in [-0.25, -0.2) is 0 Å². The molecule has 0 saturated carbocycles. The standard InChI is InChI=1S/C19H23N3O6/c1-11-17(24)20-14-5-3-4-13(16(14)28-11)18(25)21(2)10-15(23)22-8-6-12(7-9-22)19(26)27/h3-5,11-12H,6-10H2,1-2H3,(H,20,24)(H,26,27). The van der Waals surface area contributed by atoms with Crippen LogP contribution >= 0.6 is 0 Å². The molecule has 3 amide bonds. The number of likely N-dealkylation sites (tertiary alicyclic amines) is 1. The first-order valence-corrected chi connectivity index (χ1v) is 9.14. The Morgan fingerprint density at radius 1 is 1.29 bits per heavy atom. The van der Waals surface area contributed by atoms with Crippen molar-refractivity contribution in [1.82, 2.24) is 9.80 Å². The number of rotatable bonds is 4. The lowest BCUT2D eigenvalue weighted by Gasteiger charge is -2.31. The van der Waals surface area contributed by atoms with Crippen molar-refractivity contribution in [1.29, 1.82) is 0 Å². The summed E-state index contributed by atoms with van der Waals surface area (Å²) in [4.78, 5) is 51.0. The Morgan fingerprint density at radius 2 is 1.96 bits per heavy atom. The monoisotopic (exact) mass is 389 g/mol. The second-order valence-electron chi connectivity index (χ2n) is 7.09. The van der Waals surface area contributed by atoms with Crippen LogP contribution in [0.5, 0.6) is 5.75 Å². The summed E-state index contributed by atoms with van der Waals surface area (Å²) in [5.74, 6) is -1.88. The molecule has 1 saturated heterocycles. The van der Waals surface area contributed by atoms with E-state index in [1.54, 1.807) is 30.0 Å². The molecule has 2 N–H and O–H groups in total. The molecule has 1 aromatic carbocycles. The highest BCUT2D eigenvalue weighted by Crippen LogP contribution is 2.33. The highest BCUT2D eigenvalue weighted by Gasteiger charge is 2.31. The molecule has 150 valence electrons. The van der Waals surface area contributed by atoms with E-state index in [0.717, 1.165) is 0 Å². The van der Waals surface area contributed by atoms with Gasteiger partial charge in [0.1, 0.15) is 0 Å². The largest absolute Gasteiger partial charge is 0.481 e. The Hall–Kier alpha value is -3.10. The Morgan fingerprint density at radius 3 is 2.61 bits per heavy atom. The lowest BCUT2D eigenvalue weighted by molar-refractivity contribution is -0.145. The zero-order valence-corrected chi connectivity index (χ0v) is 15.8. The van der Waals surface area contributed by atoms with Crippen molar-refractivity contribution in [3.63, 3.8) is 0 Å². The van der Waals surface area contributed by atoms with E-state index in [2.05, 4.69) is 5.32 Å². The van der Waals surface area contributed by atoms with Crippen LogP contribution in [0.15, 0.2) is 18.2 Å². The average Bonchev–Trinajstić information content (AvgIpc) is 2.67. The number of aliphatic carboxylic acids is 1. The zero-order valence-electron chi connectivity index (χ0n) is 15.8. The van der Waals surface area contributed by atoms with E-state index in [1.165, 1.54) is 11.9 Å². The van der Waals surface area contributed by atoms with E-state index in [9.17, 15) is 19.2 Å². The lowest BCUT2D eigenvalue weighted by Crippen LogP contribution is -2.45. The molecule has 3 rings (SSSR count). The first-order valence-electron chi connectivity index (χ1n) is 9.14. The van der Waals surface area contributed by atoms with Crippen LogP contribution in [-0.4, -0.2) is 71.4 Å². The minimum Gasteiger partial charge on any atom is -0.481 e. The minimum absolute atomic E-state index is 0.123. The Kier molecular flexibility index (Phi) is 5.53. The summed E-state index contributed by atoms with van der Waals surface area (Å²) in [6.45, 7) is 2.20. The maximum atomic E-state index is 12.8. The van der Waals surface area contributed by atoms with Gasteiger partial charge in [0.05, 0.1) is 23.7 Å². The Labute approximate surface area is 162 Å². The van der Waals surface area contributed by atoms with Crippen molar-refractivity contribution < 1.29 is 29.0 Å². The first-order chi connectivity index (χ1) is 13.3. The van der Waals surface area contributed by atoms with Crippen molar-refractivity contribution in [2.75, 3.05) is 32.0 Å². The number of nitrogens with zero attached hydrogens (tertiary/aromatic N) is 2. The molecule has 0 radical (unpaired) electrons. The molecule has 9 heteroatoms. The normalized spacial score (nSPS) is 19.3. The van der Waals surface area contributed by atoms with Gasteiger partial charge in [-0.15, -0.1) is 0 Å². The van der Waals surface area contributed by atoms with Gasteiger partial charge in [-0.05, 0) is 31.9 Å². The third-order valence-corrected chi connectivity index (χ3v) is 5.08. The summed E-state index contributed by atoms with van der Waals surface area (Å²) < 4.78 is 5.59. The SMILES string of the molecule is CC1Oc2c(cccc2C(=O)N(C)CC(=O)N2CCC(C(=O)O)CC2)NC1=O. The van der Waals surface area contributed by atoms with E-state index < -0.39 is 23.9 Å². The number of nitrogens with one attached hydrogen (secondary N) is 1. The Bertz CT molecular complexity index is 816. The Balaban J connectivity index is 1.66. The van der Waals surface area contributed by atoms with Gasteiger partial charge in [-0.3, -0.25) is 19.2 Å². The maximum Gasteiger partial charge on any atom is 0.306 e. The molecule has 28 heavy (non-hydrogen) atoms. The van der Waals surface area contributed by atoms with E-state index >= 15 is 0 Å². The van der Waals surface area contributed by atoms with Gasteiger partial charge in [0.25, 0.3) is 11.8 Å². The molecular weight excluding hydrogens is 366 g/mol. The molecule has 1 unspecified atom stereocenters. The molecule has 9 nitrogen and oxygen atoms in total. The van der Waals surface area contributed by atoms with E-state index in [1.807, 2.05) is 0 Å². The number of amides is 3. The van der Waals surface area contributed by atoms with Crippen molar-refractivity contribution in [3.05, 3.63) is 23.8 Å². The number of likely N-dealkylation sites (N-methyl/N-ethyl adjacent to an activating group) is 1. The van der Waals surface area contributed by atoms with Crippen molar-refractivity contribution >= 4 is 29.4 Å². The lowest BCUT2D eigenvalue weighted by atomic mass is 9.97. The molecule has 0 spiro atoms. The number of carboxylic acids is 1. The summed E-state index contributed by atoms with van der Waals surface area (Å²) in [7, 11) is 1.52. The smallest absolute Gasteiger partial charge is 0.306 e. The highest BCUT2D eigenvalue weighted by atomic mass is 16.5. The van der Waals surface area contributed by atoms with Crippen LogP contribution in [-0.2, 0) is 14.4 Å². The summed E-state index contributed by atoms with van der Waals surface area (Å²) in [5.41, 5.74) is 0.689. The summed E-state index contributed by atoms with van der Waals surface area (Å²) in [5, 5.41) is 11.7. The molecular formula is C19H23N3O6. The van der Waals surface area contributed by atoms with E-state index in [0.29, 0.717) is 37.4 Å². The van der Waals surface area contributed by atoms with Crippen LogP contribution in [0, 0.1) is 5.92 Å². The minimum atomic E-state index is -0.838.